The van der Waals surface area contributed by atoms with E-state index in [1.54, 1.807) is 6.07 Å². The molecule has 3 rings (SSSR count). The maximum atomic E-state index is 12.6. The summed E-state index contributed by atoms with van der Waals surface area (Å²) in [6, 6.07) is 15.1. The minimum Gasteiger partial charge on any atom is -0.350 e. The summed E-state index contributed by atoms with van der Waals surface area (Å²) in [5, 5.41) is 3.55. The summed E-state index contributed by atoms with van der Waals surface area (Å²) in [5.74, 6) is -0.116. The van der Waals surface area contributed by atoms with Crippen LogP contribution in [0.4, 0.5) is 0 Å². The van der Waals surface area contributed by atoms with E-state index in [0.29, 0.717) is 15.7 Å². The molecule has 0 saturated carbocycles. The van der Waals surface area contributed by atoms with Crippen LogP contribution < -0.4 is 10.9 Å². The molecule has 1 aromatic heterocycles. The molecule has 1 unspecified atom stereocenters. The Morgan fingerprint density at radius 2 is 1.88 bits per heavy atom. The number of amides is 1. The van der Waals surface area contributed by atoms with Crippen LogP contribution in [-0.4, -0.2) is 15.5 Å². The second kappa shape index (κ2) is 7.66. The number of aromatic nitrogens is 2. The number of hydrogen-bond acceptors (Lipinski definition) is 3. The highest BCUT2D eigenvalue weighted by atomic mass is 32.1. The summed E-state index contributed by atoms with van der Waals surface area (Å²) in [6.07, 6.45) is 0.186. The molecular weight excluding hydrogens is 346 g/mol. The number of carbonyl (C=O) groups is 1. The monoisotopic (exact) mass is 367 g/mol. The van der Waals surface area contributed by atoms with E-state index in [2.05, 4.69) is 10.3 Å². The van der Waals surface area contributed by atoms with E-state index in [0.717, 1.165) is 11.1 Å². The molecule has 3 aromatic rings. The van der Waals surface area contributed by atoms with Crippen LogP contribution in [0.3, 0.4) is 0 Å². The lowest BCUT2D eigenvalue weighted by Crippen LogP contribution is -2.30. The van der Waals surface area contributed by atoms with Crippen LogP contribution >= 0.6 is 12.2 Å². The first-order valence-electron chi connectivity index (χ1n) is 8.54. The van der Waals surface area contributed by atoms with Crippen LogP contribution in [0.5, 0.6) is 0 Å². The quantitative estimate of drug-likeness (QED) is 0.677. The van der Waals surface area contributed by atoms with E-state index in [1.807, 2.05) is 56.3 Å². The zero-order chi connectivity index (χ0) is 18.7. The van der Waals surface area contributed by atoms with Gasteiger partial charge < -0.3 is 10.3 Å². The molecule has 0 fully saturated rings. The molecule has 134 valence electrons. The first kappa shape index (κ1) is 18.1. The minimum atomic E-state index is -0.177. The van der Waals surface area contributed by atoms with E-state index < -0.39 is 0 Å². The van der Waals surface area contributed by atoms with Gasteiger partial charge in [0.1, 0.15) is 0 Å². The maximum absolute atomic E-state index is 12.6. The Kier molecular flexibility index (Phi) is 5.32. The molecule has 5 nitrogen and oxygen atoms in total. The lowest BCUT2D eigenvalue weighted by molar-refractivity contribution is -0.122. The summed E-state index contributed by atoms with van der Waals surface area (Å²) >= 11 is 5.28. The van der Waals surface area contributed by atoms with Crippen molar-refractivity contribution in [2.75, 3.05) is 0 Å². The fourth-order valence-electron chi connectivity index (χ4n) is 3.08. The Labute approximate surface area is 156 Å². The van der Waals surface area contributed by atoms with Gasteiger partial charge in [0.15, 0.2) is 4.77 Å². The number of carbonyl (C=O) groups excluding carboxylic acids is 1. The third-order valence-corrected chi connectivity index (χ3v) is 4.81. The van der Waals surface area contributed by atoms with Crippen LogP contribution in [0, 0.1) is 11.7 Å². The van der Waals surface area contributed by atoms with Crippen molar-refractivity contribution in [2.45, 2.75) is 32.9 Å². The molecule has 1 amide bonds. The van der Waals surface area contributed by atoms with Gasteiger partial charge in [-0.1, -0.05) is 36.4 Å². The Bertz CT molecular complexity index is 1070. The zero-order valence-electron chi connectivity index (χ0n) is 14.8. The van der Waals surface area contributed by atoms with Crippen molar-refractivity contribution in [1.82, 2.24) is 14.9 Å². The minimum absolute atomic E-state index is 0.0911. The number of fused-ring (bicyclic) bond motifs is 1. The number of aryl methyl sites for hydroxylation is 1. The summed E-state index contributed by atoms with van der Waals surface area (Å²) in [4.78, 5) is 28.0. The van der Waals surface area contributed by atoms with Gasteiger partial charge in [0.25, 0.3) is 5.56 Å². The lowest BCUT2D eigenvalue weighted by atomic mass is 10.0. The molecule has 0 aliphatic rings. The number of rotatable bonds is 5. The number of H-pyrrole nitrogens is 1. The third kappa shape index (κ3) is 3.75. The zero-order valence-corrected chi connectivity index (χ0v) is 15.6. The molecule has 2 aromatic carbocycles. The topological polar surface area (TPSA) is 66.9 Å². The molecule has 0 saturated heterocycles. The molecular formula is C20H21N3O2S. The molecule has 6 heteroatoms. The largest absolute Gasteiger partial charge is 0.350 e. The second-order valence-corrected chi connectivity index (χ2v) is 6.72. The van der Waals surface area contributed by atoms with Crippen molar-refractivity contribution in [3.63, 3.8) is 0 Å². The van der Waals surface area contributed by atoms with Crippen LogP contribution in [0.2, 0.25) is 0 Å². The maximum Gasteiger partial charge on any atom is 0.262 e. The number of para-hydroxylation sites is 1. The van der Waals surface area contributed by atoms with Gasteiger partial charge in [0.05, 0.1) is 16.9 Å². The predicted octanol–water partition coefficient (Wildman–Crippen LogP) is 3.64. The third-order valence-electron chi connectivity index (χ3n) is 4.48. The van der Waals surface area contributed by atoms with Crippen LogP contribution in [-0.2, 0) is 11.3 Å². The molecule has 0 radical (unpaired) electrons. The average molecular weight is 367 g/mol. The fourth-order valence-corrected chi connectivity index (χ4v) is 3.36. The van der Waals surface area contributed by atoms with Gasteiger partial charge in [0, 0.05) is 13.0 Å². The van der Waals surface area contributed by atoms with E-state index in [1.165, 1.54) is 4.57 Å². The van der Waals surface area contributed by atoms with Gasteiger partial charge in [-0.25, -0.2) is 0 Å². The predicted molar refractivity (Wildman–Crippen MR) is 106 cm³/mol. The second-order valence-electron chi connectivity index (χ2n) is 6.33. The van der Waals surface area contributed by atoms with E-state index in [4.69, 9.17) is 12.2 Å². The van der Waals surface area contributed by atoms with Gasteiger partial charge in [-0.15, -0.1) is 0 Å². The molecule has 0 aliphatic carbocycles. The summed E-state index contributed by atoms with van der Waals surface area (Å²) in [7, 11) is 0. The van der Waals surface area contributed by atoms with Gasteiger partial charge in [0.2, 0.25) is 5.91 Å². The lowest BCUT2D eigenvalue weighted by Gasteiger charge is -2.17. The first-order chi connectivity index (χ1) is 12.5. The Morgan fingerprint density at radius 3 is 2.65 bits per heavy atom. The van der Waals surface area contributed by atoms with Crippen molar-refractivity contribution in [1.29, 1.82) is 0 Å². The van der Waals surface area contributed by atoms with Gasteiger partial charge in [-0.2, -0.15) is 0 Å². The average Bonchev–Trinajstić information content (AvgIpc) is 2.61. The van der Waals surface area contributed by atoms with E-state index >= 15 is 0 Å². The Balaban J connectivity index is 1.72. The number of nitrogens with zero attached hydrogens (tertiary/aromatic N) is 1. The first-order valence-corrected chi connectivity index (χ1v) is 8.95. The molecule has 0 bridgehead atoms. The summed E-state index contributed by atoms with van der Waals surface area (Å²) in [5.41, 5.74) is 2.75. The summed E-state index contributed by atoms with van der Waals surface area (Å²) < 4.78 is 1.77. The van der Waals surface area contributed by atoms with Crippen LogP contribution in [0.25, 0.3) is 10.9 Å². The van der Waals surface area contributed by atoms with Crippen molar-refractivity contribution >= 4 is 29.0 Å². The Morgan fingerprint density at radius 1 is 1.19 bits per heavy atom. The molecule has 1 atom stereocenters. The molecule has 26 heavy (non-hydrogen) atoms. The van der Waals surface area contributed by atoms with Gasteiger partial charge in [-0.3, -0.25) is 14.2 Å². The van der Waals surface area contributed by atoms with E-state index in [9.17, 15) is 9.59 Å². The fraction of sp³-hybridized carbons (Fsp3) is 0.250. The molecule has 1 heterocycles. The van der Waals surface area contributed by atoms with Crippen molar-refractivity contribution in [2.24, 2.45) is 0 Å². The standard InChI is InChI=1S/C20H21N3O2S/c1-13-7-3-4-8-15(13)14(2)21-18(24)11-12-23-19(25)16-9-5-6-10-17(16)22-20(23)26/h3-10,14H,11-12H2,1-2H3,(H,21,24)(H,22,26). The van der Waals surface area contributed by atoms with Gasteiger partial charge >= 0.3 is 0 Å². The smallest absolute Gasteiger partial charge is 0.262 e. The van der Waals surface area contributed by atoms with Crippen LogP contribution in [0.1, 0.15) is 30.5 Å². The highest BCUT2D eigenvalue weighted by molar-refractivity contribution is 7.71. The number of nitrogens with one attached hydrogen (secondary N) is 2. The molecule has 0 aliphatic heterocycles. The van der Waals surface area contributed by atoms with Crippen molar-refractivity contribution in [3.05, 3.63) is 74.8 Å². The Hall–Kier alpha value is -2.73. The highest BCUT2D eigenvalue weighted by Crippen LogP contribution is 2.16. The number of aromatic amines is 1. The van der Waals surface area contributed by atoms with Gasteiger partial charge in [-0.05, 0) is 49.3 Å². The molecule has 0 spiro atoms. The van der Waals surface area contributed by atoms with E-state index in [-0.39, 0.29) is 30.5 Å². The number of benzene rings is 2. The number of hydrogen-bond donors (Lipinski definition) is 2. The summed E-state index contributed by atoms with van der Waals surface area (Å²) in [6.45, 7) is 4.21. The molecule has 2 N–H and O–H groups in total. The SMILES string of the molecule is Cc1ccccc1C(C)NC(=O)CCn1c(=S)[nH]c2ccccc2c1=O. The highest BCUT2D eigenvalue weighted by Gasteiger charge is 2.12. The normalized spacial score (nSPS) is 12.1. The van der Waals surface area contributed by atoms with Crippen molar-refractivity contribution < 1.29 is 4.79 Å². The van der Waals surface area contributed by atoms with Crippen LogP contribution in [0.15, 0.2) is 53.3 Å². The van der Waals surface area contributed by atoms with Crippen molar-refractivity contribution in [3.8, 4) is 0 Å².